The van der Waals surface area contributed by atoms with Crippen LogP contribution in [0.15, 0.2) is 96.2 Å². The number of aromatic nitrogens is 1. The minimum atomic E-state index is 0.109. The monoisotopic (exact) mass is 438 g/mol. The van der Waals surface area contributed by atoms with Gasteiger partial charge in [0.15, 0.2) is 0 Å². The van der Waals surface area contributed by atoms with E-state index in [0.717, 1.165) is 27.8 Å². The number of fused-ring (bicyclic) bond motifs is 1. The van der Waals surface area contributed by atoms with Gasteiger partial charge in [0.25, 0.3) is 0 Å². The first-order valence-electron chi connectivity index (χ1n) is 11.2. The van der Waals surface area contributed by atoms with E-state index < -0.39 is 0 Å². The zero-order chi connectivity index (χ0) is 22.5. The van der Waals surface area contributed by atoms with Gasteiger partial charge in [-0.25, -0.2) is 5.01 Å². The molecule has 3 aromatic carbocycles. The maximum Gasteiger partial charge on any atom is 0.242 e. The molecule has 33 heavy (non-hydrogen) atoms. The lowest BCUT2D eigenvalue weighted by Crippen LogP contribution is -2.42. The molecule has 0 unspecified atom stereocenters. The van der Waals surface area contributed by atoms with Crippen molar-refractivity contribution in [2.45, 2.75) is 6.54 Å². The lowest BCUT2D eigenvalue weighted by atomic mass is 10.2. The number of anilines is 2. The van der Waals surface area contributed by atoms with Crippen molar-refractivity contribution in [2.75, 3.05) is 31.3 Å². The van der Waals surface area contributed by atoms with Crippen LogP contribution in [0, 0.1) is 0 Å². The Morgan fingerprint density at radius 2 is 1.48 bits per heavy atom. The van der Waals surface area contributed by atoms with Gasteiger partial charge in [0, 0.05) is 35.8 Å². The van der Waals surface area contributed by atoms with Gasteiger partial charge in [-0.1, -0.05) is 54.6 Å². The predicted octanol–water partition coefficient (Wildman–Crippen LogP) is 4.67. The molecule has 1 amide bonds. The van der Waals surface area contributed by atoms with Crippen LogP contribution >= 0.6 is 0 Å². The van der Waals surface area contributed by atoms with Crippen LogP contribution < -0.4 is 5.01 Å². The van der Waals surface area contributed by atoms with Crippen molar-refractivity contribution >= 4 is 34.4 Å². The van der Waals surface area contributed by atoms with E-state index in [0.29, 0.717) is 32.8 Å². The number of hydrogen-bond donors (Lipinski definition) is 0. The molecule has 0 aliphatic carbocycles. The average molecular weight is 439 g/mol. The number of hydrazone groups is 1. The van der Waals surface area contributed by atoms with Gasteiger partial charge in [0.2, 0.25) is 5.91 Å². The fraction of sp³-hybridized carbons (Fsp3) is 0.185. The molecule has 1 aliphatic heterocycles. The van der Waals surface area contributed by atoms with E-state index in [1.165, 1.54) is 0 Å². The van der Waals surface area contributed by atoms with Gasteiger partial charge in [0.05, 0.1) is 30.8 Å². The number of nitrogens with zero attached hydrogens (tertiary/aromatic N) is 4. The Morgan fingerprint density at radius 3 is 2.15 bits per heavy atom. The average Bonchev–Trinajstić information content (AvgIpc) is 3.23. The second kappa shape index (κ2) is 9.71. The minimum Gasteiger partial charge on any atom is -0.378 e. The van der Waals surface area contributed by atoms with Gasteiger partial charge >= 0.3 is 0 Å². The maximum atomic E-state index is 12.9. The molecule has 0 radical (unpaired) electrons. The molecule has 1 aliphatic rings. The van der Waals surface area contributed by atoms with Crippen LogP contribution in [0.2, 0.25) is 0 Å². The Bertz CT molecular complexity index is 1210. The van der Waals surface area contributed by atoms with Gasteiger partial charge in [0.1, 0.15) is 6.54 Å². The molecule has 166 valence electrons. The number of hydrogen-bond acceptors (Lipinski definition) is 4. The standard InChI is InChI=1S/C27H26N4O2/c32-27(29-15-17-33-18-16-29)21-30-20-22(25-13-7-8-14-26(25)30)19-28-31(23-9-3-1-4-10-23)24-11-5-2-6-12-24/h1-14,19-20H,15-18,21H2/b28-19+. The highest BCUT2D eigenvalue weighted by atomic mass is 16.5. The number of ether oxygens (including phenoxy) is 1. The molecule has 2 heterocycles. The molecule has 0 atom stereocenters. The molecule has 0 bridgehead atoms. The van der Waals surface area contributed by atoms with E-state index in [1.54, 1.807) is 0 Å². The fourth-order valence-electron chi connectivity index (χ4n) is 4.11. The summed E-state index contributed by atoms with van der Waals surface area (Å²) in [6.07, 6.45) is 3.89. The number of para-hydroxylation sites is 3. The topological polar surface area (TPSA) is 50.1 Å². The highest BCUT2D eigenvalue weighted by Gasteiger charge is 2.18. The summed E-state index contributed by atoms with van der Waals surface area (Å²) in [7, 11) is 0. The zero-order valence-electron chi connectivity index (χ0n) is 18.4. The predicted molar refractivity (Wildman–Crippen MR) is 132 cm³/mol. The molecular formula is C27H26N4O2. The highest BCUT2D eigenvalue weighted by Crippen LogP contribution is 2.26. The molecule has 6 nitrogen and oxygen atoms in total. The summed E-state index contributed by atoms with van der Waals surface area (Å²) in [4.78, 5) is 14.7. The molecule has 1 fully saturated rings. The summed E-state index contributed by atoms with van der Waals surface area (Å²) in [5.41, 5.74) is 3.95. The molecule has 1 aromatic heterocycles. The van der Waals surface area contributed by atoms with Crippen molar-refractivity contribution in [2.24, 2.45) is 5.10 Å². The van der Waals surface area contributed by atoms with Gasteiger partial charge in [-0.3, -0.25) is 4.79 Å². The third kappa shape index (κ3) is 4.66. The maximum absolute atomic E-state index is 12.9. The molecule has 0 N–H and O–H groups in total. The van der Waals surface area contributed by atoms with Crippen LogP contribution in [0.1, 0.15) is 5.56 Å². The van der Waals surface area contributed by atoms with Gasteiger partial charge in [-0.2, -0.15) is 5.10 Å². The molecular weight excluding hydrogens is 412 g/mol. The summed E-state index contributed by atoms with van der Waals surface area (Å²) in [6.45, 7) is 2.80. The quantitative estimate of drug-likeness (QED) is 0.325. The number of carbonyl (C=O) groups excluding carboxylic acids is 1. The van der Waals surface area contributed by atoms with Crippen LogP contribution in [0.3, 0.4) is 0 Å². The molecule has 4 aromatic rings. The van der Waals surface area contributed by atoms with E-state index in [-0.39, 0.29) is 5.91 Å². The minimum absolute atomic E-state index is 0.109. The Kier molecular flexibility index (Phi) is 6.17. The largest absolute Gasteiger partial charge is 0.378 e. The second-order valence-electron chi connectivity index (χ2n) is 7.95. The van der Waals surface area contributed by atoms with Gasteiger partial charge in [-0.15, -0.1) is 0 Å². The first-order valence-corrected chi connectivity index (χ1v) is 11.2. The Balaban J connectivity index is 1.47. The summed E-state index contributed by atoms with van der Waals surface area (Å²) < 4.78 is 7.40. The normalized spacial score (nSPS) is 14.1. The van der Waals surface area contributed by atoms with Crippen LogP contribution in [0.4, 0.5) is 11.4 Å². The number of carbonyl (C=O) groups is 1. The first kappa shape index (κ1) is 21.0. The lowest BCUT2D eigenvalue weighted by molar-refractivity contribution is -0.135. The first-order chi connectivity index (χ1) is 16.3. The molecule has 0 spiro atoms. The summed E-state index contributed by atoms with van der Waals surface area (Å²) in [5, 5.41) is 7.84. The molecule has 0 saturated carbocycles. The lowest BCUT2D eigenvalue weighted by Gasteiger charge is -2.27. The second-order valence-corrected chi connectivity index (χ2v) is 7.95. The molecule has 6 heteroatoms. The Morgan fingerprint density at radius 1 is 0.879 bits per heavy atom. The highest BCUT2D eigenvalue weighted by molar-refractivity contribution is 6.00. The van der Waals surface area contributed by atoms with Crippen molar-refractivity contribution in [3.8, 4) is 0 Å². The molecule has 5 rings (SSSR count). The van der Waals surface area contributed by atoms with Crippen LogP contribution in [-0.4, -0.2) is 47.9 Å². The zero-order valence-corrected chi connectivity index (χ0v) is 18.4. The van der Waals surface area contributed by atoms with Crippen LogP contribution in [0.5, 0.6) is 0 Å². The fourth-order valence-corrected chi connectivity index (χ4v) is 4.11. The third-order valence-electron chi connectivity index (χ3n) is 5.80. The van der Waals surface area contributed by atoms with Gasteiger partial charge < -0.3 is 14.2 Å². The summed E-state index contributed by atoms with van der Waals surface area (Å²) in [5.74, 6) is 0.109. The number of rotatable bonds is 6. The van der Waals surface area contributed by atoms with Crippen molar-refractivity contribution in [1.29, 1.82) is 0 Å². The van der Waals surface area contributed by atoms with Crippen molar-refractivity contribution in [3.63, 3.8) is 0 Å². The summed E-state index contributed by atoms with van der Waals surface area (Å²) in [6, 6.07) is 28.3. The SMILES string of the molecule is O=C(Cn1cc(/C=N/N(c2ccccc2)c2ccccc2)c2ccccc21)N1CCOCC1. The van der Waals surface area contributed by atoms with Gasteiger partial charge in [-0.05, 0) is 30.3 Å². The van der Waals surface area contributed by atoms with Crippen LogP contribution in [-0.2, 0) is 16.1 Å². The number of benzene rings is 3. The third-order valence-corrected chi connectivity index (χ3v) is 5.80. The van der Waals surface area contributed by atoms with Crippen molar-refractivity contribution in [1.82, 2.24) is 9.47 Å². The number of morpholine rings is 1. The Labute approximate surface area is 193 Å². The van der Waals surface area contributed by atoms with Crippen LogP contribution in [0.25, 0.3) is 10.9 Å². The number of amides is 1. The smallest absolute Gasteiger partial charge is 0.242 e. The Hall–Kier alpha value is -3.90. The summed E-state index contributed by atoms with van der Waals surface area (Å²) >= 11 is 0. The van der Waals surface area contributed by atoms with E-state index in [2.05, 4.69) is 6.07 Å². The molecule has 1 saturated heterocycles. The van der Waals surface area contributed by atoms with Crippen molar-refractivity contribution < 1.29 is 9.53 Å². The van der Waals surface area contributed by atoms with E-state index in [9.17, 15) is 4.79 Å². The van der Waals surface area contributed by atoms with Crippen molar-refractivity contribution in [3.05, 3.63) is 96.7 Å². The van der Waals surface area contributed by atoms with E-state index >= 15 is 0 Å². The van der Waals surface area contributed by atoms with E-state index in [1.807, 2.05) is 106 Å². The van der Waals surface area contributed by atoms with E-state index in [4.69, 9.17) is 9.84 Å².